The van der Waals surface area contributed by atoms with E-state index in [0.29, 0.717) is 10.8 Å². The first-order valence-electron chi connectivity index (χ1n) is 6.74. The minimum atomic E-state index is -0.311. The summed E-state index contributed by atoms with van der Waals surface area (Å²) in [4.78, 5) is 23.4. The van der Waals surface area contributed by atoms with Crippen molar-refractivity contribution < 1.29 is 4.74 Å². The van der Waals surface area contributed by atoms with Gasteiger partial charge in [0.25, 0.3) is 11.1 Å². The highest BCUT2D eigenvalue weighted by molar-refractivity contribution is 5.84. The molecule has 0 radical (unpaired) electrons. The van der Waals surface area contributed by atoms with Crippen molar-refractivity contribution in [2.24, 2.45) is 0 Å². The molecule has 3 aromatic rings. The molecule has 2 N–H and O–H groups in total. The van der Waals surface area contributed by atoms with Crippen LogP contribution in [0.1, 0.15) is 11.1 Å². The van der Waals surface area contributed by atoms with Crippen LogP contribution in [0.2, 0.25) is 0 Å². The fraction of sp³-hybridized carbons (Fsp3) is 0.0588. The molecular weight excluding hydrogens is 280 g/mol. The Hall–Kier alpha value is -3.08. The first-order valence-corrected chi connectivity index (χ1v) is 6.74. The van der Waals surface area contributed by atoms with E-state index in [0.717, 1.165) is 16.9 Å². The van der Waals surface area contributed by atoms with Gasteiger partial charge in [0.2, 0.25) is 0 Å². The van der Waals surface area contributed by atoms with Crippen molar-refractivity contribution in [1.82, 2.24) is 10.2 Å². The van der Waals surface area contributed by atoms with E-state index >= 15 is 0 Å². The first kappa shape index (κ1) is 13.9. The molecule has 22 heavy (non-hydrogen) atoms. The molecule has 1 aromatic heterocycles. The quantitative estimate of drug-likeness (QED) is 0.728. The normalized spacial score (nSPS) is 11.1. The van der Waals surface area contributed by atoms with Crippen molar-refractivity contribution in [1.29, 1.82) is 0 Å². The molecule has 0 aliphatic rings. The van der Waals surface area contributed by atoms with Crippen LogP contribution in [0.15, 0.2) is 52.1 Å². The van der Waals surface area contributed by atoms with Crippen LogP contribution in [0.3, 0.4) is 0 Å². The third kappa shape index (κ3) is 2.69. The molecule has 0 saturated heterocycles. The maximum absolute atomic E-state index is 11.8. The van der Waals surface area contributed by atoms with Gasteiger partial charge < -0.3 is 4.74 Å². The summed E-state index contributed by atoms with van der Waals surface area (Å²) in [5.41, 5.74) is 1.25. The Morgan fingerprint density at radius 1 is 0.818 bits per heavy atom. The number of ether oxygens (including phenoxy) is 1. The lowest BCUT2D eigenvalue weighted by molar-refractivity contribution is 0.415. The smallest absolute Gasteiger partial charge is 0.270 e. The third-order valence-corrected chi connectivity index (χ3v) is 3.41. The molecule has 5 nitrogen and oxygen atoms in total. The molecule has 5 heteroatoms. The number of nitrogens with one attached hydrogen (secondary N) is 2. The summed E-state index contributed by atoms with van der Waals surface area (Å²) < 4.78 is 5.11. The van der Waals surface area contributed by atoms with Crippen LogP contribution in [0, 0.1) is 0 Å². The van der Waals surface area contributed by atoms with Crippen molar-refractivity contribution in [2.75, 3.05) is 7.11 Å². The van der Waals surface area contributed by atoms with Gasteiger partial charge in [0.15, 0.2) is 0 Å². The fourth-order valence-corrected chi connectivity index (χ4v) is 2.21. The number of methoxy groups -OCH3 is 1. The second kappa shape index (κ2) is 5.73. The zero-order valence-electron chi connectivity index (χ0n) is 11.9. The molecule has 0 amide bonds. The predicted octanol–water partition coefficient (Wildman–Crippen LogP) is 2.40. The molecule has 0 saturated carbocycles. The van der Waals surface area contributed by atoms with E-state index in [2.05, 4.69) is 10.2 Å². The Labute approximate surface area is 125 Å². The Morgan fingerprint density at radius 3 is 2.09 bits per heavy atom. The Morgan fingerprint density at radius 2 is 1.41 bits per heavy atom. The van der Waals surface area contributed by atoms with Crippen LogP contribution in [-0.2, 0) is 0 Å². The maximum Gasteiger partial charge on any atom is 0.270 e. The third-order valence-electron chi connectivity index (χ3n) is 3.41. The number of aromatic amines is 2. The van der Waals surface area contributed by atoms with Gasteiger partial charge in [-0.15, -0.1) is 0 Å². The van der Waals surface area contributed by atoms with Crippen LogP contribution in [0.25, 0.3) is 22.9 Å². The van der Waals surface area contributed by atoms with Gasteiger partial charge in [-0.3, -0.25) is 19.8 Å². The molecule has 0 bridgehead atoms. The van der Waals surface area contributed by atoms with E-state index in [1.54, 1.807) is 25.3 Å². The number of aromatic nitrogens is 2. The van der Waals surface area contributed by atoms with Gasteiger partial charge in [-0.25, -0.2) is 0 Å². The zero-order chi connectivity index (χ0) is 15.5. The molecule has 0 fully saturated rings. The average molecular weight is 294 g/mol. The van der Waals surface area contributed by atoms with Crippen LogP contribution in [-0.4, -0.2) is 17.3 Å². The standard InChI is InChI=1S/C17H14N2O3/c1-22-13-7-4-11(5-8-13)2-3-12-6-9-14-15(10-12)17(21)19-18-16(14)20/h2-10H,1H3,(H,18,20)(H,19,21)/b3-2+. The van der Waals surface area contributed by atoms with Crippen LogP contribution in [0.5, 0.6) is 5.75 Å². The minimum Gasteiger partial charge on any atom is -0.497 e. The topological polar surface area (TPSA) is 75.0 Å². The van der Waals surface area contributed by atoms with Crippen LogP contribution >= 0.6 is 0 Å². The highest BCUT2D eigenvalue weighted by atomic mass is 16.5. The van der Waals surface area contributed by atoms with Crippen molar-refractivity contribution in [3.8, 4) is 5.75 Å². The molecule has 2 aromatic carbocycles. The van der Waals surface area contributed by atoms with Crippen LogP contribution < -0.4 is 15.9 Å². The summed E-state index contributed by atoms with van der Waals surface area (Å²) in [5, 5.41) is 5.39. The van der Waals surface area contributed by atoms with Gasteiger partial charge in [0.05, 0.1) is 17.9 Å². The maximum atomic E-state index is 11.8. The van der Waals surface area contributed by atoms with Crippen molar-refractivity contribution in [3.63, 3.8) is 0 Å². The summed E-state index contributed by atoms with van der Waals surface area (Å²) in [5.74, 6) is 0.800. The summed E-state index contributed by atoms with van der Waals surface area (Å²) in [6, 6.07) is 12.8. The van der Waals surface area contributed by atoms with Gasteiger partial charge in [-0.05, 0) is 35.4 Å². The number of hydrogen-bond acceptors (Lipinski definition) is 3. The summed E-state index contributed by atoms with van der Waals surface area (Å²) in [6.07, 6.45) is 3.82. The van der Waals surface area contributed by atoms with E-state index in [4.69, 9.17) is 4.74 Å². The van der Waals surface area contributed by atoms with Crippen molar-refractivity contribution in [3.05, 3.63) is 74.3 Å². The van der Waals surface area contributed by atoms with Gasteiger partial charge in [-0.1, -0.05) is 30.4 Å². The van der Waals surface area contributed by atoms with E-state index in [9.17, 15) is 9.59 Å². The Kier molecular flexibility index (Phi) is 3.62. The van der Waals surface area contributed by atoms with E-state index < -0.39 is 0 Å². The molecule has 0 spiro atoms. The van der Waals surface area contributed by atoms with Crippen molar-refractivity contribution >= 4 is 22.9 Å². The molecule has 0 aliphatic carbocycles. The summed E-state index contributed by atoms with van der Waals surface area (Å²) in [7, 11) is 1.62. The highest BCUT2D eigenvalue weighted by Gasteiger charge is 2.02. The second-order valence-electron chi connectivity index (χ2n) is 4.82. The molecule has 0 aliphatic heterocycles. The largest absolute Gasteiger partial charge is 0.497 e. The van der Waals surface area contributed by atoms with Gasteiger partial charge >= 0.3 is 0 Å². The SMILES string of the molecule is COc1ccc(/C=C/c2ccc3c(=O)[nH][nH]c(=O)c3c2)cc1. The molecule has 110 valence electrons. The predicted molar refractivity (Wildman–Crippen MR) is 87.1 cm³/mol. The Bertz CT molecular complexity index is 950. The lowest BCUT2D eigenvalue weighted by atomic mass is 10.1. The average Bonchev–Trinajstić information content (AvgIpc) is 2.57. The number of benzene rings is 2. The van der Waals surface area contributed by atoms with Gasteiger partial charge in [-0.2, -0.15) is 0 Å². The number of rotatable bonds is 3. The summed E-state index contributed by atoms with van der Waals surface area (Å²) >= 11 is 0. The lowest BCUT2D eigenvalue weighted by Gasteiger charge is -2.00. The summed E-state index contributed by atoms with van der Waals surface area (Å²) in [6.45, 7) is 0. The molecule has 0 atom stereocenters. The van der Waals surface area contributed by atoms with Gasteiger partial charge in [0.1, 0.15) is 5.75 Å². The van der Waals surface area contributed by atoms with E-state index in [-0.39, 0.29) is 11.1 Å². The van der Waals surface area contributed by atoms with E-state index in [1.807, 2.05) is 36.4 Å². The molecule has 3 rings (SSSR count). The fourth-order valence-electron chi connectivity index (χ4n) is 2.21. The Balaban J connectivity index is 1.96. The monoisotopic (exact) mass is 294 g/mol. The minimum absolute atomic E-state index is 0.305. The molecule has 0 unspecified atom stereocenters. The lowest BCUT2D eigenvalue weighted by Crippen LogP contribution is -2.18. The first-order chi connectivity index (χ1) is 10.7. The second-order valence-corrected chi connectivity index (χ2v) is 4.82. The van der Waals surface area contributed by atoms with Gasteiger partial charge in [0, 0.05) is 0 Å². The van der Waals surface area contributed by atoms with Crippen molar-refractivity contribution in [2.45, 2.75) is 0 Å². The number of hydrogen-bond donors (Lipinski definition) is 2. The van der Waals surface area contributed by atoms with Crippen LogP contribution in [0.4, 0.5) is 0 Å². The molecule has 1 heterocycles. The molecular formula is C17H14N2O3. The highest BCUT2D eigenvalue weighted by Crippen LogP contribution is 2.15. The zero-order valence-corrected chi connectivity index (χ0v) is 11.9. The number of H-pyrrole nitrogens is 2. The van der Waals surface area contributed by atoms with E-state index in [1.165, 1.54) is 0 Å². The number of fused-ring (bicyclic) bond motifs is 1.